The standard InChI is InChI=1S/C13H9FN2O/c14-9-4-5-11-8(6-9)7-12(17-11)10-2-1-3-13(15)16-10/h1-7H,(H2,15,16). The summed E-state index contributed by atoms with van der Waals surface area (Å²) in [6.45, 7) is 0. The van der Waals surface area contributed by atoms with Gasteiger partial charge in [0.15, 0.2) is 5.76 Å². The van der Waals surface area contributed by atoms with Gasteiger partial charge < -0.3 is 10.2 Å². The Balaban J connectivity index is 2.18. The van der Waals surface area contributed by atoms with Crippen LogP contribution in [0.4, 0.5) is 10.2 Å². The van der Waals surface area contributed by atoms with E-state index in [1.807, 2.05) is 0 Å². The summed E-state index contributed by atoms with van der Waals surface area (Å²) in [4.78, 5) is 4.15. The first-order valence-electron chi connectivity index (χ1n) is 5.14. The van der Waals surface area contributed by atoms with Crippen molar-refractivity contribution in [2.24, 2.45) is 0 Å². The van der Waals surface area contributed by atoms with Gasteiger partial charge in [0.1, 0.15) is 22.9 Å². The summed E-state index contributed by atoms with van der Waals surface area (Å²) in [5.74, 6) is 0.720. The molecule has 4 heteroatoms. The number of furan rings is 1. The molecule has 0 spiro atoms. The van der Waals surface area contributed by atoms with E-state index >= 15 is 0 Å². The topological polar surface area (TPSA) is 52.0 Å². The molecule has 3 rings (SSSR count). The summed E-state index contributed by atoms with van der Waals surface area (Å²) < 4.78 is 18.6. The lowest BCUT2D eigenvalue weighted by Gasteiger charge is -1.96. The number of hydrogen-bond acceptors (Lipinski definition) is 3. The predicted molar refractivity (Wildman–Crippen MR) is 63.8 cm³/mol. The molecule has 0 atom stereocenters. The molecule has 84 valence electrons. The van der Waals surface area contributed by atoms with Crippen LogP contribution in [0.3, 0.4) is 0 Å². The molecule has 2 heterocycles. The summed E-state index contributed by atoms with van der Waals surface area (Å²) in [6, 6.07) is 11.4. The third-order valence-electron chi connectivity index (χ3n) is 2.50. The largest absolute Gasteiger partial charge is 0.454 e. The number of nitrogen functional groups attached to an aromatic ring is 1. The van der Waals surface area contributed by atoms with Gasteiger partial charge in [-0.2, -0.15) is 0 Å². The van der Waals surface area contributed by atoms with E-state index in [-0.39, 0.29) is 5.82 Å². The van der Waals surface area contributed by atoms with Crippen LogP contribution in [-0.2, 0) is 0 Å². The van der Waals surface area contributed by atoms with Crippen LogP contribution in [0, 0.1) is 5.82 Å². The van der Waals surface area contributed by atoms with Crippen molar-refractivity contribution in [3.8, 4) is 11.5 Å². The molecule has 0 amide bonds. The highest BCUT2D eigenvalue weighted by Gasteiger charge is 2.08. The first kappa shape index (κ1) is 9.84. The number of halogens is 1. The lowest BCUT2D eigenvalue weighted by molar-refractivity contribution is 0.618. The Bertz CT molecular complexity index is 691. The molecule has 0 fully saturated rings. The molecule has 0 aliphatic heterocycles. The van der Waals surface area contributed by atoms with Crippen LogP contribution in [0.5, 0.6) is 0 Å². The molecule has 0 unspecified atom stereocenters. The van der Waals surface area contributed by atoms with Crippen molar-refractivity contribution in [3.63, 3.8) is 0 Å². The summed E-state index contributed by atoms with van der Waals surface area (Å²) in [6.07, 6.45) is 0. The van der Waals surface area contributed by atoms with Crippen molar-refractivity contribution >= 4 is 16.8 Å². The average Bonchev–Trinajstić information content (AvgIpc) is 2.72. The predicted octanol–water partition coefficient (Wildman–Crippen LogP) is 3.22. The van der Waals surface area contributed by atoms with Crippen LogP contribution >= 0.6 is 0 Å². The van der Waals surface area contributed by atoms with Gasteiger partial charge in [-0.25, -0.2) is 9.37 Å². The molecule has 3 nitrogen and oxygen atoms in total. The van der Waals surface area contributed by atoms with Gasteiger partial charge in [-0.1, -0.05) is 6.07 Å². The van der Waals surface area contributed by atoms with Gasteiger partial charge >= 0.3 is 0 Å². The Hall–Kier alpha value is -2.36. The summed E-state index contributed by atoms with van der Waals surface area (Å²) >= 11 is 0. The van der Waals surface area contributed by atoms with Gasteiger partial charge in [0.2, 0.25) is 0 Å². The molecule has 2 aromatic heterocycles. The number of hydrogen-bond donors (Lipinski definition) is 1. The van der Waals surface area contributed by atoms with Crippen molar-refractivity contribution in [2.75, 3.05) is 5.73 Å². The van der Waals surface area contributed by atoms with E-state index < -0.39 is 0 Å². The van der Waals surface area contributed by atoms with Crippen LogP contribution in [0.25, 0.3) is 22.4 Å². The summed E-state index contributed by atoms with van der Waals surface area (Å²) in [5.41, 5.74) is 6.87. The molecule has 1 aromatic carbocycles. The van der Waals surface area contributed by atoms with Crippen LogP contribution in [-0.4, -0.2) is 4.98 Å². The highest BCUT2D eigenvalue weighted by Crippen LogP contribution is 2.27. The normalized spacial score (nSPS) is 10.9. The second kappa shape index (κ2) is 3.59. The van der Waals surface area contributed by atoms with Crippen LogP contribution in [0.1, 0.15) is 0 Å². The quantitative estimate of drug-likeness (QED) is 0.695. The number of fused-ring (bicyclic) bond motifs is 1. The van der Waals surface area contributed by atoms with Crippen molar-refractivity contribution in [1.82, 2.24) is 4.98 Å². The molecule has 0 aliphatic rings. The fourth-order valence-electron chi connectivity index (χ4n) is 1.73. The lowest BCUT2D eigenvalue weighted by Crippen LogP contribution is -1.90. The summed E-state index contributed by atoms with van der Waals surface area (Å²) in [5, 5.41) is 0.712. The third-order valence-corrected chi connectivity index (χ3v) is 2.50. The maximum Gasteiger partial charge on any atom is 0.153 e. The lowest BCUT2D eigenvalue weighted by atomic mass is 10.2. The molecular formula is C13H9FN2O. The third kappa shape index (κ3) is 1.73. The Kier molecular flexibility index (Phi) is 2.08. The van der Waals surface area contributed by atoms with Gasteiger partial charge in [0.25, 0.3) is 0 Å². The maximum absolute atomic E-state index is 13.0. The number of pyridine rings is 1. The van der Waals surface area contributed by atoms with Crippen LogP contribution in [0.2, 0.25) is 0 Å². The zero-order chi connectivity index (χ0) is 11.8. The maximum atomic E-state index is 13.0. The molecule has 0 saturated carbocycles. The number of nitrogens with two attached hydrogens (primary N) is 1. The van der Waals surface area contributed by atoms with Gasteiger partial charge in [0.05, 0.1) is 0 Å². The van der Waals surface area contributed by atoms with E-state index in [2.05, 4.69) is 4.98 Å². The van der Waals surface area contributed by atoms with E-state index in [4.69, 9.17) is 10.2 Å². The van der Waals surface area contributed by atoms with Gasteiger partial charge in [-0.05, 0) is 36.4 Å². The molecule has 0 bridgehead atoms. The number of anilines is 1. The number of nitrogens with zero attached hydrogens (tertiary/aromatic N) is 1. The molecule has 0 saturated heterocycles. The first-order chi connectivity index (χ1) is 8.22. The zero-order valence-corrected chi connectivity index (χ0v) is 8.85. The molecular weight excluding hydrogens is 219 g/mol. The SMILES string of the molecule is Nc1cccc(-c2cc3cc(F)ccc3o2)n1. The van der Waals surface area contributed by atoms with Gasteiger partial charge in [-0.15, -0.1) is 0 Å². The highest BCUT2D eigenvalue weighted by atomic mass is 19.1. The van der Waals surface area contributed by atoms with Crippen molar-refractivity contribution in [3.05, 3.63) is 48.3 Å². The van der Waals surface area contributed by atoms with E-state index in [0.29, 0.717) is 28.2 Å². The summed E-state index contributed by atoms with van der Waals surface area (Å²) in [7, 11) is 0. The van der Waals surface area contributed by atoms with Crippen LogP contribution in [0.15, 0.2) is 46.9 Å². The van der Waals surface area contributed by atoms with Gasteiger partial charge in [-0.3, -0.25) is 0 Å². The van der Waals surface area contributed by atoms with E-state index in [9.17, 15) is 4.39 Å². The second-order valence-electron chi connectivity index (χ2n) is 3.74. The van der Waals surface area contributed by atoms with Crippen molar-refractivity contribution in [1.29, 1.82) is 0 Å². The molecule has 3 aromatic rings. The first-order valence-corrected chi connectivity index (χ1v) is 5.14. The minimum absolute atomic E-state index is 0.287. The molecule has 0 aliphatic carbocycles. The Morgan fingerprint density at radius 3 is 2.82 bits per heavy atom. The minimum Gasteiger partial charge on any atom is -0.454 e. The van der Waals surface area contributed by atoms with E-state index in [1.54, 1.807) is 30.3 Å². The molecule has 0 radical (unpaired) electrons. The fraction of sp³-hybridized carbons (Fsp3) is 0. The monoisotopic (exact) mass is 228 g/mol. The fourth-order valence-corrected chi connectivity index (χ4v) is 1.73. The minimum atomic E-state index is -0.287. The highest BCUT2D eigenvalue weighted by molar-refractivity contribution is 5.82. The zero-order valence-electron chi connectivity index (χ0n) is 8.85. The second-order valence-corrected chi connectivity index (χ2v) is 3.74. The van der Waals surface area contributed by atoms with Crippen LogP contribution < -0.4 is 5.73 Å². The molecule has 2 N–H and O–H groups in total. The Morgan fingerprint density at radius 2 is 2.00 bits per heavy atom. The van der Waals surface area contributed by atoms with E-state index in [0.717, 1.165) is 0 Å². The Labute approximate surface area is 96.7 Å². The molecule has 17 heavy (non-hydrogen) atoms. The average molecular weight is 228 g/mol. The smallest absolute Gasteiger partial charge is 0.153 e. The van der Waals surface area contributed by atoms with Crippen molar-refractivity contribution in [2.45, 2.75) is 0 Å². The number of aromatic nitrogens is 1. The van der Waals surface area contributed by atoms with E-state index in [1.165, 1.54) is 12.1 Å². The number of benzene rings is 1. The van der Waals surface area contributed by atoms with Crippen molar-refractivity contribution < 1.29 is 8.81 Å². The Morgan fingerprint density at radius 1 is 1.12 bits per heavy atom. The number of rotatable bonds is 1. The van der Waals surface area contributed by atoms with Gasteiger partial charge in [0, 0.05) is 5.39 Å².